The number of carbonyl (C=O) groups is 1. The first kappa shape index (κ1) is 21.6. The molecule has 166 valence electrons. The third-order valence-corrected chi connectivity index (χ3v) is 6.39. The molecule has 0 spiro atoms. The predicted octanol–water partition coefficient (Wildman–Crippen LogP) is 5.16. The average Bonchev–Trinajstić information content (AvgIpc) is 3.03. The summed E-state index contributed by atoms with van der Waals surface area (Å²) >= 11 is 0. The van der Waals surface area contributed by atoms with Gasteiger partial charge in [-0.25, -0.2) is 4.79 Å². The molecular weight excluding hydrogens is 408 g/mol. The van der Waals surface area contributed by atoms with Gasteiger partial charge >= 0.3 is 6.09 Å². The SMILES string of the molecule is CC1(C)OC(=O)N(C2CCC(Nc3ccc(C#N)cc3[N+](=O)[O-])CC2)[C@H]1c1ccccc1. The highest BCUT2D eigenvalue weighted by molar-refractivity contribution is 5.72. The molecule has 8 heteroatoms. The summed E-state index contributed by atoms with van der Waals surface area (Å²) in [6, 6.07) is 16.3. The summed E-state index contributed by atoms with van der Waals surface area (Å²) in [5.74, 6) is 0. The van der Waals surface area contributed by atoms with E-state index in [4.69, 9.17) is 10.00 Å². The van der Waals surface area contributed by atoms with Crippen molar-refractivity contribution in [1.29, 1.82) is 5.26 Å². The van der Waals surface area contributed by atoms with Crippen molar-refractivity contribution >= 4 is 17.5 Å². The zero-order valence-corrected chi connectivity index (χ0v) is 18.2. The molecule has 0 bridgehead atoms. The van der Waals surface area contributed by atoms with E-state index < -0.39 is 10.5 Å². The maximum Gasteiger partial charge on any atom is 0.411 e. The second-order valence-electron chi connectivity index (χ2n) is 8.94. The molecule has 2 aliphatic rings. The van der Waals surface area contributed by atoms with Crippen molar-refractivity contribution in [2.75, 3.05) is 5.32 Å². The Kier molecular flexibility index (Phi) is 5.74. The number of hydrogen-bond acceptors (Lipinski definition) is 6. The molecular formula is C24H26N4O4. The van der Waals surface area contributed by atoms with Gasteiger partial charge < -0.3 is 10.1 Å². The van der Waals surface area contributed by atoms with E-state index in [-0.39, 0.29) is 35.5 Å². The van der Waals surface area contributed by atoms with Crippen LogP contribution >= 0.6 is 0 Å². The minimum absolute atomic E-state index is 0.0449. The zero-order chi connectivity index (χ0) is 22.9. The number of ether oxygens (including phenoxy) is 1. The number of carbonyl (C=O) groups excluding carboxylic acids is 1. The first-order valence-corrected chi connectivity index (χ1v) is 10.8. The largest absolute Gasteiger partial charge is 0.441 e. The number of amides is 1. The van der Waals surface area contributed by atoms with E-state index in [0.29, 0.717) is 5.69 Å². The van der Waals surface area contributed by atoms with Crippen LogP contribution in [0.5, 0.6) is 0 Å². The predicted molar refractivity (Wildman–Crippen MR) is 119 cm³/mol. The monoisotopic (exact) mass is 434 g/mol. The van der Waals surface area contributed by atoms with Gasteiger partial charge in [0.15, 0.2) is 0 Å². The molecule has 1 aliphatic heterocycles. The fourth-order valence-electron chi connectivity index (χ4n) is 4.92. The molecule has 8 nitrogen and oxygen atoms in total. The van der Waals surface area contributed by atoms with Crippen LogP contribution in [-0.2, 0) is 4.74 Å². The van der Waals surface area contributed by atoms with Crippen molar-refractivity contribution in [2.24, 2.45) is 0 Å². The molecule has 2 aromatic carbocycles. The van der Waals surface area contributed by atoms with Crippen LogP contribution in [0.3, 0.4) is 0 Å². The van der Waals surface area contributed by atoms with Gasteiger partial charge in [0.25, 0.3) is 5.69 Å². The molecule has 4 rings (SSSR count). The molecule has 1 atom stereocenters. The van der Waals surface area contributed by atoms with Gasteiger partial charge in [-0.2, -0.15) is 5.26 Å². The highest BCUT2D eigenvalue weighted by atomic mass is 16.6. The summed E-state index contributed by atoms with van der Waals surface area (Å²) in [7, 11) is 0. The van der Waals surface area contributed by atoms with Gasteiger partial charge in [0, 0.05) is 18.2 Å². The molecule has 1 N–H and O–H groups in total. The number of nitrogens with zero attached hydrogens (tertiary/aromatic N) is 3. The van der Waals surface area contributed by atoms with E-state index in [1.54, 1.807) is 12.1 Å². The van der Waals surface area contributed by atoms with Gasteiger partial charge in [-0.15, -0.1) is 0 Å². The average molecular weight is 434 g/mol. The number of rotatable bonds is 5. The minimum Gasteiger partial charge on any atom is -0.441 e. The molecule has 2 aromatic rings. The van der Waals surface area contributed by atoms with Crippen LogP contribution in [0, 0.1) is 21.4 Å². The van der Waals surface area contributed by atoms with Crippen LogP contribution in [-0.4, -0.2) is 33.6 Å². The van der Waals surface area contributed by atoms with Crippen LogP contribution in [0.1, 0.15) is 56.7 Å². The Hall–Kier alpha value is -3.60. The number of benzene rings is 2. The van der Waals surface area contributed by atoms with Crippen LogP contribution < -0.4 is 5.32 Å². The van der Waals surface area contributed by atoms with Gasteiger partial charge in [-0.3, -0.25) is 15.0 Å². The molecule has 0 unspecified atom stereocenters. The third kappa shape index (κ3) is 4.11. The van der Waals surface area contributed by atoms with Gasteiger partial charge in [0.2, 0.25) is 0 Å². The van der Waals surface area contributed by atoms with E-state index in [2.05, 4.69) is 5.32 Å². The topological polar surface area (TPSA) is 108 Å². The molecule has 32 heavy (non-hydrogen) atoms. The molecule has 1 saturated carbocycles. The number of nitriles is 1. The lowest BCUT2D eigenvalue weighted by Gasteiger charge is -2.38. The summed E-state index contributed by atoms with van der Waals surface area (Å²) in [5, 5.41) is 23.7. The lowest BCUT2D eigenvalue weighted by molar-refractivity contribution is -0.384. The Labute approximate surface area is 186 Å². The molecule has 1 saturated heterocycles. The van der Waals surface area contributed by atoms with Crippen LogP contribution in [0.25, 0.3) is 0 Å². The first-order chi connectivity index (χ1) is 15.3. The van der Waals surface area contributed by atoms with Crippen molar-refractivity contribution in [1.82, 2.24) is 4.90 Å². The Balaban J connectivity index is 1.47. The second-order valence-corrected chi connectivity index (χ2v) is 8.94. The smallest absolute Gasteiger partial charge is 0.411 e. The van der Waals surface area contributed by atoms with Crippen molar-refractivity contribution in [2.45, 2.75) is 63.3 Å². The van der Waals surface area contributed by atoms with Gasteiger partial charge in [-0.1, -0.05) is 30.3 Å². The van der Waals surface area contributed by atoms with Crippen molar-refractivity contribution in [3.05, 3.63) is 69.8 Å². The summed E-state index contributed by atoms with van der Waals surface area (Å²) in [6.07, 6.45) is 2.80. The molecule has 1 heterocycles. The van der Waals surface area contributed by atoms with Crippen molar-refractivity contribution < 1.29 is 14.5 Å². The fourth-order valence-corrected chi connectivity index (χ4v) is 4.92. The van der Waals surface area contributed by atoms with E-state index in [1.165, 1.54) is 6.07 Å². The van der Waals surface area contributed by atoms with Crippen molar-refractivity contribution in [3.63, 3.8) is 0 Å². The van der Waals surface area contributed by atoms with Crippen LogP contribution in [0.4, 0.5) is 16.2 Å². The van der Waals surface area contributed by atoms with E-state index in [9.17, 15) is 14.9 Å². The maximum atomic E-state index is 12.8. The zero-order valence-electron chi connectivity index (χ0n) is 18.2. The standard InChI is InChI=1S/C24H26N4O4/c1-24(2)22(17-6-4-3-5-7-17)27(23(29)32-24)19-11-9-18(10-12-19)26-20-13-8-16(15-25)14-21(20)28(30)31/h3-8,13-14,18-19,22,26H,9-12H2,1-2H3/t18?,19?,22-/m0/s1. The van der Waals surface area contributed by atoms with E-state index in [0.717, 1.165) is 31.2 Å². The Morgan fingerprint density at radius 1 is 1.16 bits per heavy atom. The Morgan fingerprint density at radius 2 is 1.84 bits per heavy atom. The van der Waals surface area contributed by atoms with E-state index in [1.807, 2.05) is 55.1 Å². The highest BCUT2D eigenvalue weighted by Gasteiger charge is 2.51. The highest BCUT2D eigenvalue weighted by Crippen LogP contribution is 2.44. The quantitative estimate of drug-likeness (QED) is 0.514. The number of nitrogens with one attached hydrogen (secondary N) is 1. The third-order valence-electron chi connectivity index (χ3n) is 6.39. The first-order valence-electron chi connectivity index (χ1n) is 10.8. The lowest BCUT2D eigenvalue weighted by atomic mass is 9.86. The minimum atomic E-state index is -0.628. The van der Waals surface area contributed by atoms with Crippen molar-refractivity contribution in [3.8, 4) is 6.07 Å². The molecule has 2 fully saturated rings. The Morgan fingerprint density at radius 3 is 2.47 bits per heavy atom. The number of anilines is 1. The fraction of sp³-hybridized carbons (Fsp3) is 0.417. The van der Waals surface area contributed by atoms with Gasteiger partial charge in [0.05, 0.1) is 22.6 Å². The lowest BCUT2D eigenvalue weighted by Crippen LogP contribution is -2.44. The Bertz CT molecular complexity index is 1060. The molecule has 1 amide bonds. The molecule has 1 aliphatic carbocycles. The number of hydrogen-bond donors (Lipinski definition) is 1. The molecule has 0 radical (unpaired) electrons. The van der Waals surface area contributed by atoms with Crippen LogP contribution in [0.2, 0.25) is 0 Å². The summed E-state index contributed by atoms with van der Waals surface area (Å²) in [6.45, 7) is 3.89. The second kappa shape index (κ2) is 8.50. The molecule has 0 aromatic heterocycles. The van der Waals surface area contributed by atoms with Crippen LogP contribution in [0.15, 0.2) is 48.5 Å². The maximum absolute atomic E-state index is 12.8. The number of cyclic esters (lactones) is 1. The van der Waals surface area contributed by atoms with E-state index >= 15 is 0 Å². The summed E-state index contributed by atoms with van der Waals surface area (Å²) < 4.78 is 5.74. The summed E-state index contributed by atoms with van der Waals surface area (Å²) in [5.41, 5.74) is 1.00. The summed E-state index contributed by atoms with van der Waals surface area (Å²) in [4.78, 5) is 25.6. The van der Waals surface area contributed by atoms with Gasteiger partial charge in [-0.05, 0) is 57.2 Å². The number of nitro benzene ring substituents is 1. The van der Waals surface area contributed by atoms with Gasteiger partial charge in [0.1, 0.15) is 11.3 Å². The number of nitro groups is 1. The normalized spacial score (nSPS) is 24.5.